The Morgan fingerprint density at radius 2 is 2.11 bits per heavy atom. The number of nitrogens with zero attached hydrogens (tertiary/aromatic N) is 1. The summed E-state index contributed by atoms with van der Waals surface area (Å²) in [6, 6.07) is 4.31. The fourth-order valence-corrected chi connectivity index (χ4v) is 4.12. The third-order valence-electron chi connectivity index (χ3n) is 4.19. The van der Waals surface area contributed by atoms with Crippen LogP contribution in [0.5, 0.6) is 0 Å². The summed E-state index contributed by atoms with van der Waals surface area (Å²) in [5.41, 5.74) is 0.0419. The van der Waals surface area contributed by atoms with Crippen LogP contribution in [0.25, 0.3) is 0 Å². The van der Waals surface area contributed by atoms with E-state index in [1.165, 1.54) is 24.3 Å². The normalized spacial score (nSPS) is 16.4. The molecule has 3 N–H and O–H groups in total. The van der Waals surface area contributed by atoms with Crippen molar-refractivity contribution >= 4 is 27.8 Å². The quantitative estimate of drug-likeness (QED) is 0.573. The third-order valence-corrected chi connectivity index (χ3v) is 6.03. The van der Waals surface area contributed by atoms with Gasteiger partial charge in [0.1, 0.15) is 6.04 Å². The molecule has 1 aliphatic heterocycles. The molecule has 2 rings (SSSR count). The van der Waals surface area contributed by atoms with E-state index >= 15 is 0 Å². The number of piperazine rings is 1. The number of sulfonamides is 1. The predicted molar refractivity (Wildman–Crippen MR) is 96.6 cm³/mol. The van der Waals surface area contributed by atoms with Gasteiger partial charge in [0.2, 0.25) is 15.9 Å². The van der Waals surface area contributed by atoms with E-state index in [0.29, 0.717) is 12.8 Å². The Morgan fingerprint density at radius 1 is 1.37 bits per heavy atom. The molecule has 0 radical (unpaired) electrons. The first kappa shape index (κ1) is 20.8. The van der Waals surface area contributed by atoms with Gasteiger partial charge in [-0.3, -0.25) is 9.59 Å². The Bertz CT molecular complexity index is 824. The largest absolute Gasteiger partial charge is 0.480 e. The number of amides is 2. The fraction of sp³-hybridized carbons (Fsp3) is 0.471. The number of carbonyl (C=O) groups excluding carboxylic acids is 2. The molecule has 1 heterocycles. The van der Waals surface area contributed by atoms with Crippen LogP contribution in [-0.4, -0.2) is 61.3 Å². The van der Waals surface area contributed by atoms with Crippen LogP contribution in [-0.2, 0) is 19.6 Å². The van der Waals surface area contributed by atoms with Gasteiger partial charge in [0, 0.05) is 18.7 Å². The van der Waals surface area contributed by atoms with Crippen LogP contribution in [0, 0.1) is 0 Å². The zero-order chi connectivity index (χ0) is 20.0. The first-order valence-electron chi connectivity index (χ1n) is 8.66. The van der Waals surface area contributed by atoms with Gasteiger partial charge in [-0.2, -0.15) is 4.31 Å². The maximum absolute atomic E-state index is 12.7. The predicted octanol–water partition coefficient (Wildman–Crippen LogP) is 0.180. The van der Waals surface area contributed by atoms with Crippen molar-refractivity contribution in [2.45, 2.75) is 37.1 Å². The number of carbonyl (C=O) groups is 3. The summed E-state index contributed by atoms with van der Waals surface area (Å²) in [5.74, 6) is -2.19. The Morgan fingerprint density at radius 3 is 2.74 bits per heavy atom. The number of hydrogen-bond acceptors (Lipinski definition) is 5. The summed E-state index contributed by atoms with van der Waals surface area (Å²) >= 11 is 0. The van der Waals surface area contributed by atoms with Crippen LogP contribution < -0.4 is 10.6 Å². The molecule has 148 valence electrons. The summed E-state index contributed by atoms with van der Waals surface area (Å²) in [5, 5.41) is 14.2. The molecule has 0 spiro atoms. The van der Waals surface area contributed by atoms with Crippen LogP contribution in [0.3, 0.4) is 0 Å². The highest BCUT2D eigenvalue weighted by atomic mass is 32.2. The van der Waals surface area contributed by atoms with E-state index in [0.717, 1.165) is 10.7 Å². The molecular formula is C17H23N3O6S. The van der Waals surface area contributed by atoms with Crippen LogP contribution >= 0.6 is 0 Å². The molecule has 1 atom stereocenters. The van der Waals surface area contributed by atoms with Gasteiger partial charge in [-0.15, -0.1) is 0 Å². The molecule has 10 heteroatoms. The van der Waals surface area contributed by atoms with E-state index in [2.05, 4.69) is 10.6 Å². The van der Waals surface area contributed by atoms with Crippen molar-refractivity contribution in [2.24, 2.45) is 0 Å². The molecule has 1 unspecified atom stereocenters. The summed E-state index contributed by atoms with van der Waals surface area (Å²) in [6.07, 6.45) is 1.72. The van der Waals surface area contributed by atoms with Crippen molar-refractivity contribution < 1.29 is 27.9 Å². The number of aliphatic carboxylic acids is 1. The van der Waals surface area contributed by atoms with Gasteiger partial charge in [-0.1, -0.05) is 25.8 Å². The molecule has 1 aromatic carbocycles. The second-order valence-corrected chi connectivity index (χ2v) is 8.16. The number of rotatable bonds is 8. The average Bonchev–Trinajstić information content (AvgIpc) is 2.64. The molecule has 0 aliphatic carbocycles. The number of carboxylic acid groups (broad SMARTS) is 1. The Labute approximate surface area is 157 Å². The van der Waals surface area contributed by atoms with E-state index in [-0.39, 0.29) is 36.0 Å². The van der Waals surface area contributed by atoms with Crippen LogP contribution in [0.4, 0.5) is 0 Å². The monoisotopic (exact) mass is 397 g/mol. The SMILES string of the molecule is CCCCC(NC(=O)c1cccc(S(=O)(=O)N2CCNC(=O)C2)c1)C(=O)O. The average molecular weight is 397 g/mol. The maximum atomic E-state index is 12.7. The van der Waals surface area contributed by atoms with Crippen molar-refractivity contribution in [1.82, 2.24) is 14.9 Å². The van der Waals surface area contributed by atoms with E-state index < -0.39 is 27.9 Å². The number of unbranched alkanes of at least 4 members (excludes halogenated alkanes) is 1. The van der Waals surface area contributed by atoms with E-state index in [1.54, 1.807) is 0 Å². The number of carboxylic acids is 1. The van der Waals surface area contributed by atoms with E-state index in [1.807, 2.05) is 6.92 Å². The molecule has 0 saturated carbocycles. The molecular weight excluding hydrogens is 374 g/mol. The van der Waals surface area contributed by atoms with Crippen molar-refractivity contribution in [3.63, 3.8) is 0 Å². The van der Waals surface area contributed by atoms with Gasteiger partial charge in [-0.05, 0) is 24.6 Å². The topological polar surface area (TPSA) is 133 Å². The summed E-state index contributed by atoms with van der Waals surface area (Å²) in [4.78, 5) is 35.0. The van der Waals surface area contributed by atoms with Gasteiger partial charge in [0.05, 0.1) is 11.4 Å². The van der Waals surface area contributed by atoms with Crippen LogP contribution in [0.15, 0.2) is 29.2 Å². The zero-order valence-corrected chi connectivity index (χ0v) is 15.8. The molecule has 0 aromatic heterocycles. The highest BCUT2D eigenvalue weighted by Gasteiger charge is 2.30. The highest BCUT2D eigenvalue weighted by molar-refractivity contribution is 7.89. The number of nitrogens with one attached hydrogen (secondary N) is 2. The van der Waals surface area contributed by atoms with Crippen molar-refractivity contribution in [2.75, 3.05) is 19.6 Å². The Balaban J connectivity index is 2.19. The fourth-order valence-electron chi connectivity index (χ4n) is 2.67. The van der Waals surface area contributed by atoms with Gasteiger partial charge >= 0.3 is 5.97 Å². The van der Waals surface area contributed by atoms with Gasteiger partial charge in [0.15, 0.2) is 0 Å². The summed E-state index contributed by atoms with van der Waals surface area (Å²) < 4.78 is 26.4. The standard InChI is InChI=1S/C17H23N3O6S/c1-2-3-7-14(17(23)24)19-16(22)12-5-4-6-13(10-12)27(25,26)20-9-8-18-15(21)11-20/h4-6,10,14H,2-3,7-9,11H2,1H3,(H,18,21)(H,19,22)(H,23,24). The molecule has 1 saturated heterocycles. The van der Waals surface area contributed by atoms with Crippen molar-refractivity contribution in [1.29, 1.82) is 0 Å². The maximum Gasteiger partial charge on any atom is 0.326 e. The lowest BCUT2D eigenvalue weighted by molar-refractivity contribution is -0.139. The third kappa shape index (κ3) is 5.27. The van der Waals surface area contributed by atoms with Crippen molar-refractivity contribution in [3.05, 3.63) is 29.8 Å². The van der Waals surface area contributed by atoms with E-state index in [9.17, 15) is 27.9 Å². The summed E-state index contributed by atoms with van der Waals surface area (Å²) in [7, 11) is -3.93. The summed E-state index contributed by atoms with van der Waals surface area (Å²) in [6.45, 7) is 1.99. The molecule has 0 bridgehead atoms. The molecule has 27 heavy (non-hydrogen) atoms. The zero-order valence-electron chi connectivity index (χ0n) is 15.0. The first-order valence-corrected chi connectivity index (χ1v) is 10.1. The minimum atomic E-state index is -3.93. The van der Waals surface area contributed by atoms with Crippen LogP contribution in [0.1, 0.15) is 36.5 Å². The lowest BCUT2D eigenvalue weighted by Gasteiger charge is -2.26. The minimum Gasteiger partial charge on any atom is -0.480 e. The Hall–Kier alpha value is -2.46. The molecule has 1 fully saturated rings. The molecule has 2 amide bonds. The van der Waals surface area contributed by atoms with Gasteiger partial charge in [0.25, 0.3) is 5.91 Å². The number of benzene rings is 1. The molecule has 1 aromatic rings. The molecule has 9 nitrogen and oxygen atoms in total. The van der Waals surface area contributed by atoms with E-state index in [4.69, 9.17) is 0 Å². The van der Waals surface area contributed by atoms with Crippen LogP contribution in [0.2, 0.25) is 0 Å². The first-order chi connectivity index (χ1) is 12.8. The van der Waals surface area contributed by atoms with Crippen molar-refractivity contribution in [3.8, 4) is 0 Å². The van der Waals surface area contributed by atoms with Gasteiger partial charge < -0.3 is 15.7 Å². The van der Waals surface area contributed by atoms with Gasteiger partial charge in [-0.25, -0.2) is 13.2 Å². The lowest BCUT2D eigenvalue weighted by Crippen LogP contribution is -2.49. The highest BCUT2D eigenvalue weighted by Crippen LogP contribution is 2.18. The minimum absolute atomic E-state index is 0.0419. The lowest BCUT2D eigenvalue weighted by atomic mass is 10.1. The second-order valence-electron chi connectivity index (χ2n) is 6.22. The Kier molecular flexibility index (Phi) is 6.92. The number of hydrogen-bond donors (Lipinski definition) is 3. The smallest absolute Gasteiger partial charge is 0.326 e. The second kappa shape index (κ2) is 8.96. The molecule has 1 aliphatic rings.